The van der Waals surface area contributed by atoms with E-state index in [1.54, 1.807) is 23.2 Å². The fourth-order valence-electron chi connectivity index (χ4n) is 4.65. The summed E-state index contributed by atoms with van der Waals surface area (Å²) in [5.74, 6) is 1.30. The van der Waals surface area contributed by atoms with Gasteiger partial charge in [-0.05, 0) is 56.5 Å². The van der Waals surface area contributed by atoms with Gasteiger partial charge in [-0.1, -0.05) is 6.58 Å². The number of nitrogens with zero attached hydrogens (tertiary/aromatic N) is 4. The van der Waals surface area contributed by atoms with Gasteiger partial charge in [0, 0.05) is 30.5 Å². The van der Waals surface area contributed by atoms with Crippen molar-refractivity contribution in [3.05, 3.63) is 54.4 Å². The number of rotatable bonds is 4. The highest BCUT2D eigenvalue weighted by Gasteiger charge is 2.29. The van der Waals surface area contributed by atoms with Crippen LogP contribution in [0.25, 0.3) is 11.0 Å². The number of hydrogen-bond acceptors (Lipinski definition) is 6. The van der Waals surface area contributed by atoms with Gasteiger partial charge in [0.05, 0.1) is 11.6 Å². The number of nitrogens with one attached hydrogen (secondary N) is 1. The fraction of sp³-hybridized carbons (Fsp3) is 0.360. The SMILES string of the molecule is C=CC(=O)N1CCCC[C@@H](n2c(NC(=O)c3ccnc(C)c3)nc3ccc4c(c32)OCCO4)C1. The maximum Gasteiger partial charge on any atom is 0.258 e. The van der Waals surface area contributed by atoms with Gasteiger partial charge in [0.25, 0.3) is 5.91 Å². The molecule has 0 saturated carbocycles. The van der Waals surface area contributed by atoms with Crippen molar-refractivity contribution in [3.63, 3.8) is 0 Å². The van der Waals surface area contributed by atoms with Crippen LogP contribution in [0.5, 0.6) is 11.5 Å². The number of likely N-dealkylation sites (tertiary alicyclic amines) is 1. The van der Waals surface area contributed by atoms with Crippen molar-refractivity contribution in [1.82, 2.24) is 19.4 Å². The van der Waals surface area contributed by atoms with Gasteiger partial charge in [-0.25, -0.2) is 4.98 Å². The average Bonchev–Trinajstić information content (AvgIpc) is 3.04. The van der Waals surface area contributed by atoms with Crippen LogP contribution in [-0.4, -0.2) is 57.6 Å². The van der Waals surface area contributed by atoms with Gasteiger partial charge in [-0.15, -0.1) is 0 Å². The number of carbonyl (C=O) groups is 2. The van der Waals surface area contributed by atoms with Crippen molar-refractivity contribution < 1.29 is 19.1 Å². The van der Waals surface area contributed by atoms with Crippen LogP contribution < -0.4 is 14.8 Å². The second kappa shape index (κ2) is 9.17. The summed E-state index contributed by atoms with van der Waals surface area (Å²) in [5.41, 5.74) is 2.70. The van der Waals surface area contributed by atoms with E-state index in [2.05, 4.69) is 16.9 Å². The summed E-state index contributed by atoms with van der Waals surface area (Å²) in [5, 5.41) is 2.99. The van der Waals surface area contributed by atoms with Crippen LogP contribution >= 0.6 is 0 Å². The van der Waals surface area contributed by atoms with E-state index >= 15 is 0 Å². The largest absolute Gasteiger partial charge is 0.486 e. The Kier molecular flexibility index (Phi) is 5.91. The quantitative estimate of drug-likeness (QED) is 0.597. The maximum atomic E-state index is 13.1. The van der Waals surface area contributed by atoms with E-state index in [1.165, 1.54) is 6.08 Å². The molecule has 0 radical (unpaired) electrons. The smallest absolute Gasteiger partial charge is 0.258 e. The lowest BCUT2D eigenvalue weighted by Gasteiger charge is -2.27. The Morgan fingerprint density at radius 3 is 2.88 bits per heavy atom. The molecule has 2 aliphatic heterocycles. The van der Waals surface area contributed by atoms with Gasteiger partial charge < -0.3 is 18.9 Å². The zero-order valence-electron chi connectivity index (χ0n) is 19.1. The summed E-state index contributed by atoms with van der Waals surface area (Å²) in [7, 11) is 0. The normalized spacial score (nSPS) is 17.8. The second-order valence-corrected chi connectivity index (χ2v) is 8.54. The Hall–Kier alpha value is -3.88. The lowest BCUT2D eigenvalue weighted by molar-refractivity contribution is -0.126. The highest BCUT2D eigenvalue weighted by molar-refractivity contribution is 6.04. The molecule has 0 spiro atoms. The van der Waals surface area contributed by atoms with Crippen molar-refractivity contribution in [3.8, 4) is 11.5 Å². The summed E-state index contributed by atoms with van der Waals surface area (Å²) >= 11 is 0. The number of anilines is 1. The molecule has 9 nitrogen and oxygen atoms in total. The molecule has 5 rings (SSSR count). The van der Waals surface area contributed by atoms with Crippen LogP contribution in [0.3, 0.4) is 0 Å². The fourth-order valence-corrected chi connectivity index (χ4v) is 4.65. The first-order chi connectivity index (χ1) is 16.5. The van der Waals surface area contributed by atoms with Crippen LogP contribution in [0, 0.1) is 6.92 Å². The summed E-state index contributed by atoms with van der Waals surface area (Å²) < 4.78 is 13.8. The summed E-state index contributed by atoms with van der Waals surface area (Å²) in [6.45, 7) is 7.55. The molecule has 1 fully saturated rings. The number of aryl methyl sites for hydroxylation is 1. The molecule has 4 heterocycles. The molecule has 3 aromatic rings. The average molecular weight is 462 g/mol. The molecule has 1 aromatic carbocycles. The molecule has 2 amide bonds. The number of amides is 2. The van der Waals surface area contributed by atoms with Crippen molar-refractivity contribution in [2.75, 3.05) is 31.6 Å². The van der Waals surface area contributed by atoms with Crippen molar-refractivity contribution in [2.45, 2.75) is 32.2 Å². The molecule has 1 atom stereocenters. The minimum Gasteiger partial charge on any atom is -0.486 e. The molecule has 0 aliphatic carbocycles. The lowest BCUT2D eigenvalue weighted by atomic mass is 10.1. The van der Waals surface area contributed by atoms with E-state index in [9.17, 15) is 9.59 Å². The Balaban J connectivity index is 1.62. The minimum absolute atomic E-state index is 0.101. The number of carbonyl (C=O) groups excluding carboxylic acids is 2. The van der Waals surface area contributed by atoms with Gasteiger partial charge in [0.15, 0.2) is 11.5 Å². The molecule has 1 saturated heterocycles. The number of imidazole rings is 1. The van der Waals surface area contributed by atoms with Gasteiger partial charge in [-0.3, -0.25) is 19.9 Å². The van der Waals surface area contributed by atoms with Crippen LogP contribution in [0.4, 0.5) is 5.95 Å². The second-order valence-electron chi connectivity index (χ2n) is 8.54. The van der Waals surface area contributed by atoms with Gasteiger partial charge in [0.1, 0.15) is 18.7 Å². The van der Waals surface area contributed by atoms with Crippen molar-refractivity contribution in [1.29, 1.82) is 0 Å². The molecule has 0 bridgehead atoms. The summed E-state index contributed by atoms with van der Waals surface area (Å²) in [4.78, 5) is 36.3. The van der Waals surface area contributed by atoms with E-state index in [0.717, 1.165) is 30.5 Å². The molecule has 9 heteroatoms. The number of benzene rings is 1. The van der Waals surface area contributed by atoms with Crippen LogP contribution in [0.2, 0.25) is 0 Å². The maximum absolute atomic E-state index is 13.1. The molecular formula is C25H27N5O4. The van der Waals surface area contributed by atoms with Gasteiger partial charge in [-0.2, -0.15) is 0 Å². The highest BCUT2D eigenvalue weighted by atomic mass is 16.6. The Morgan fingerprint density at radius 2 is 2.06 bits per heavy atom. The summed E-state index contributed by atoms with van der Waals surface area (Å²) in [6, 6.07) is 7.01. The third-order valence-corrected chi connectivity index (χ3v) is 6.24. The predicted octanol–water partition coefficient (Wildman–Crippen LogP) is 3.50. The molecule has 0 unspecified atom stereocenters. The first-order valence-corrected chi connectivity index (χ1v) is 11.5. The number of ether oxygens (including phenoxy) is 2. The number of fused-ring (bicyclic) bond motifs is 3. The predicted molar refractivity (Wildman–Crippen MR) is 127 cm³/mol. The van der Waals surface area contributed by atoms with E-state index in [0.29, 0.717) is 54.8 Å². The highest BCUT2D eigenvalue weighted by Crippen LogP contribution is 2.41. The van der Waals surface area contributed by atoms with E-state index in [1.807, 2.05) is 23.6 Å². The van der Waals surface area contributed by atoms with Crippen molar-refractivity contribution in [2.24, 2.45) is 0 Å². The van der Waals surface area contributed by atoms with Crippen LogP contribution in [0.1, 0.15) is 41.4 Å². The number of pyridine rings is 1. The molecular weight excluding hydrogens is 434 g/mol. The van der Waals surface area contributed by atoms with E-state index in [4.69, 9.17) is 14.5 Å². The zero-order valence-corrected chi connectivity index (χ0v) is 19.1. The van der Waals surface area contributed by atoms with E-state index < -0.39 is 0 Å². The molecule has 2 aliphatic rings. The first kappa shape index (κ1) is 21.9. The molecule has 2 aromatic heterocycles. The number of aromatic nitrogens is 3. The third kappa shape index (κ3) is 4.09. The molecule has 176 valence electrons. The third-order valence-electron chi connectivity index (χ3n) is 6.24. The van der Waals surface area contributed by atoms with E-state index in [-0.39, 0.29) is 17.9 Å². The Bertz CT molecular complexity index is 1270. The molecule has 34 heavy (non-hydrogen) atoms. The monoisotopic (exact) mass is 461 g/mol. The minimum atomic E-state index is -0.277. The summed E-state index contributed by atoms with van der Waals surface area (Å²) in [6.07, 6.45) is 5.63. The number of hydrogen-bond donors (Lipinski definition) is 1. The lowest BCUT2D eigenvalue weighted by Crippen LogP contribution is -2.34. The Labute approximate surface area is 197 Å². The van der Waals surface area contributed by atoms with Gasteiger partial charge >= 0.3 is 0 Å². The van der Waals surface area contributed by atoms with Gasteiger partial charge in [0.2, 0.25) is 11.9 Å². The first-order valence-electron chi connectivity index (χ1n) is 11.5. The van der Waals surface area contributed by atoms with Crippen molar-refractivity contribution >= 4 is 28.8 Å². The standard InChI is InChI=1S/C25H27N5O4/c1-3-21(31)29-11-5-4-6-18(15-29)30-22-19(7-8-20-23(22)34-13-12-33-20)27-25(30)28-24(32)17-9-10-26-16(2)14-17/h3,7-10,14,18H,1,4-6,11-13,15H2,2H3,(H,27,28,32)/t18-/m1/s1. The van der Waals surface area contributed by atoms with Crippen LogP contribution in [0.15, 0.2) is 43.1 Å². The Morgan fingerprint density at radius 1 is 1.21 bits per heavy atom. The topological polar surface area (TPSA) is 98.6 Å². The zero-order chi connectivity index (χ0) is 23.7. The molecule has 1 N–H and O–H groups in total. The van der Waals surface area contributed by atoms with Crippen LogP contribution in [-0.2, 0) is 4.79 Å².